The number of hydrogen-bond donors (Lipinski definition) is 1. The second kappa shape index (κ2) is 3.35. The molecule has 0 radical (unpaired) electrons. The fourth-order valence-electron chi connectivity index (χ4n) is 1.94. The molecule has 0 bridgehead atoms. The Morgan fingerprint density at radius 1 is 1.19 bits per heavy atom. The van der Waals surface area contributed by atoms with Gasteiger partial charge in [0.15, 0.2) is 0 Å². The maximum Gasteiger partial charge on any atom is 0.0937 e. The molecule has 1 aromatic carbocycles. The van der Waals surface area contributed by atoms with Gasteiger partial charge in [-0.25, -0.2) is 0 Å². The van der Waals surface area contributed by atoms with Gasteiger partial charge in [0.1, 0.15) is 0 Å². The lowest BCUT2D eigenvalue weighted by molar-refractivity contribution is 1.26. The average Bonchev–Trinajstić information content (AvgIpc) is 2.29. The zero-order valence-corrected chi connectivity index (χ0v) is 9.25. The molecule has 2 aromatic rings. The van der Waals surface area contributed by atoms with E-state index in [2.05, 4.69) is 16.9 Å². The van der Waals surface area contributed by atoms with Crippen LogP contribution in [0.5, 0.6) is 0 Å². The van der Waals surface area contributed by atoms with Gasteiger partial charge in [-0.05, 0) is 18.2 Å². The predicted octanol–water partition coefficient (Wildman–Crippen LogP) is 3.80. The van der Waals surface area contributed by atoms with Crippen LogP contribution in [0.2, 0.25) is 5.02 Å². The Balaban J connectivity index is 2.32. The van der Waals surface area contributed by atoms with Crippen molar-refractivity contribution in [2.75, 3.05) is 5.32 Å². The number of hydrogen-bond acceptors (Lipinski definition) is 2. The summed E-state index contributed by atoms with van der Waals surface area (Å²) in [5.74, 6) is 0. The summed E-state index contributed by atoms with van der Waals surface area (Å²) >= 11 is 5.97. The normalized spacial score (nSPS) is 12.7. The molecule has 1 N–H and O–H groups in total. The predicted molar refractivity (Wildman–Crippen MR) is 67.3 cm³/mol. The van der Waals surface area contributed by atoms with Crippen LogP contribution in [-0.4, -0.2) is 4.98 Å². The van der Waals surface area contributed by atoms with Gasteiger partial charge in [0, 0.05) is 28.0 Å². The van der Waals surface area contributed by atoms with E-state index in [1.54, 1.807) is 6.20 Å². The molecule has 1 aliphatic heterocycles. The Labute approximate surface area is 98.6 Å². The maximum absolute atomic E-state index is 5.97. The van der Waals surface area contributed by atoms with Gasteiger partial charge in [0.05, 0.1) is 11.4 Å². The zero-order chi connectivity index (χ0) is 11.1. The highest BCUT2D eigenvalue weighted by Gasteiger charge is 2.18. The number of fused-ring (bicyclic) bond motifs is 3. The van der Waals surface area contributed by atoms with Crippen molar-refractivity contribution in [2.24, 2.45) is 0 Å². The third-order valence-electron chi connectivity index (χ3n) is 2.65. The minimum Gasteiger partial charge on any atom is -0.354 e. The van der Waals surface area contributed by atoms with E-state index >= 15 is 0 Å². The maximum atomic E-state index is 5.97. The second-order valence-corrected chi connectivity index (χ2v) is 4.13. The minimum absolute atomic E-state index is 0.714. The fourth-order valence-corrected chi connectivity index (χ4v) is 2.11. The van der Waals surface area contributed by atoms with Gasteiger partial charge < -0.3 is 5.32 Å². The zero-order valence-electron chi connectivity index (χ0n) is 8.50. The molecule has 0 amide bonds. The van der Waals surface area contributed by atoms with Crippen LogP contribution in [0.3, 0.4) is 0 Å². The van der Waals surface area contributed by atoms with Crippen LogP contribution in [0.25, 0.3) is 16.8 Å². The molecule has 0 atom stereocenters. The topological polar surface area (TPSA) is 24.9 Å². The molecule has 0 saturated carbocycles. The number of rotatable bonds is 0. The van der Waals surface area contributed by atoms with E-state index in [9.17, 15) is 0 Å². The fraction of sp³-hybridized carbons (Fsp3) is 0. The Kier molecular flexibility index (Phi) is 1.98. The number of pyridine rings is 1. The van der Waals surface area contributed by atoms with Crippen molar-refractivity contribution >= 4 is 23.0 Å². The highest BCUT2D eigenvalue weighted by atomic mass is 35.5. The first-order chi connectivity index (χ1) is 7.75. The van der Waals surface area contributed by atoms with E-state index < -0.39 is 0 Å². The molecule has 2 heterocycles. The highest BCUT2D eigenvalue weighted by molar-refractivity contribution is 6.31. The number of benzene rings is 1. The van der Waals surface area contributed by atoms with Crippen LogP contribution in [0.1, 0.15) is 5.69 Å². The molecule has 1 aliphatic rings. The van der Waals surface area contributed by atoms with Crippen LogP contribution in [0.4, 0.5) is 5.69 Å². The first-order valence-electron chi connectivity index (χ1n) is 4.97. The Hall–Kier alpha value is -1.80. The van der Waals surface area contributed by atoms with E-state index in [1.165, 1.54) is 0 Å². The quantitative estimate of drug-likeness (QED) is 0.742. The molecule has 3 heteroatoms. The van der Waals surface area contributed by atoms with E-state index in [4.69, 9.17) is 11.6 Å². The number of nitrogens with zero attached hydrogens (tertiary/aromatic N) is 1. The van der Waals surface area contributed by atoms with Crippen LogP contribution in [-0.2, 0) is 0 Å². The van der Waals surface area contributed by atoms with Gasteiger partial charge in [-0.15, -0.1) is 0 Å². The third-order valence-corrected chi connectivity index (χ3v) is 2.89. The van der Waals surface area contributed by atoms with Crippen molar-refractivity contribution in [3.05, 3.63) is 53.8 Å². The average molecular weight is 229 g/mol. The van der Waals surface area contributed by atoms with Crippen molar-refractivity contribution in [3.8, 4) is 11.1 Å². The molecule has 0 fully saturated rings. The molecular formula is C13H9ClN2. The minimum atomic E-state index is 0.714. The van der Waals surface area contributed by atoms with Crippen LogP contribution in [0, 0.1) is 0 Å². The van der Waals surface area contributed by atoms with Crippen LogP contribution >= 0.6 is 11.6 Å². The van der Waals surface area contributed by atoms with Crippen LogP contribution < -0.4 is 5.32 Å². The van der Waals surface area contributed by atoms with E-state index in [0.717, 1.165) is 28.2 Å². The molecule has 0 aliphatic carbocycles. The highest BCUT2D eigenvalue weighted by Crippen LogP contribution is 2.39. The monoisotopic (exact) mass is 228 g/mol. The summed E-state index contributed by atoms with van der Waals surface area (Å²) in [5, 5.41) is 3.93. The second-order valence-electron chi connectivity index (χ2n) is 3.69. The molecular weight excluding hydrogens is 220 g/mol. The van der Waals surface area contributed by atoms with Gasteiger partial charge >= 0.3 is 0 Å². The summed E-state index contributed by atoms with van der Waals surface area (Å²) in [4.78, 5) is 4.33. The molecule has 78 valence electrons. The van der Waals surface area contributed by atoms with E-state index in [1.807, 2.05) is 30.3 Å². The van der Waals surface area contributed by atoms with Gasteiger partial charge in [-0.3, -0.25) is 4.98 Å². The first-order valence-corrected chi connectivity index (χ1v) is 5.35. The summed E-state index contributed by atoms with van der Waals surface area (Å²) in [6.07, 6.45) is 1.77. The first kappa shape index (κ1) is 9.43. The van der Waals surface area contributed by atoms with E-state index in [0.29, 0.717) is 5.02 Å². The van der Waals surface area contributed by atoms with Gasteiger partial charge in [-0.2, -0.15) is 0 Å². The number of aromatic nitrogens is 1. The number of anilines is 1. The molecule has 3 rings (SSSR count). The third kappa shape index (κ3) is 1.31. The summed E-state index contributed by atoms with van der Waals surface area (Å²) in [6.45, 7) is 3.97. The lowest BCUT2D eigenvalue weighted by Gasteiger charge is -2.22. The molecule has 2 nitrogen and oxygen atoms in total. The standard InChI is InChI=1S/C13H9ClN2/c1-8-13-11(3-2-6-15-13)10-5-4-9(14)7-12(10)16-8/h2-7,16H,1H2. The number of nitrogens with one attached hydrogen (secondary N) is 1. The van der Waals surface area contributed by atoms with Crippen molar-refractivity contribution in [1.82, 2.24) is 4.98 Å². The lowest BCUT2D eigenvalue weighted by atomic mass is 9.97. The molecule has 0 spiro atoms. The van der Waals surface area contributed by atoms with E-state index in [-0.39, 0.29) is 0 Å². The largest absolute Gasteiger partial charge is 0.354 e. The summed E-state index contributed by atoms with van der Waals surface area (Å²) in [5.41, 5.74) is 4.90. The van der Waals surface area contributed by atoms with Crippen molar-refractivity contribution in [2.45, 2.75) is 0 Å². The SMILES string of the molecule is C=C1Nc2cc(Cl)ccc2-c2cccnc21. The Morgan fingerprint density at radius 2 is 2.06 bits per heavy atom. The smallest absolute Gasteiger partial charge is 0.0937 e. The number of halogens is 1. The van der Waals surface area contributed by atoms with Crippen molar-refractivity contribution < 1.29 is 0 Å². The summed E-state index contributed by atoms with van der Waals surface area (Å²) < 4.78 is 0. The van der Waals surface area contributed by atoms with Gasteiger partial charge in [0.25, 0.3) is 0 Å². The van der Waals surface area contributed by atoms with Crippen molar-refractivity contribution in [1.29, 1.82) is 0 Å². The Morgan fingerprint density at radius 3 is 2.94 bits per heavy atom. The molecule has 0 unspecified atom stereocenters. The summed E-state index contributed by atoms with van der Waals surface area (Å²) in [7, 11) is 0. The summed E-state index contributed by atoms with van der Waals surface area (Å²) in [6, 6.07) is 9.75. The molecule has 16 heavy (non-hydrogen) atoms. The Bertz CT molecular complexity index is 590. The van der Waals surface area contributed by atoms with Gasteiger partial charge in [0.2, 0.25) is 0 Å². The van der Waals surface area contributed by atoms with Crippen LogP contribution in [0.15, 0.2) is 43.1 Å². The van der Waals surface area contributed by atoms with Crippen molar-refractivity contribution in [3.63, 3.8) is 0 Å². The van der Waals surface area contributed by atoms with Gasteiger partial charge in [-0.1, -0.05) is 30.3 Å². The molecule has 1 aromatic heterocycles. The lowest BCUT2D eigenvalue weighted by Crippen LogP contribution is -2.08. The molecule has 0 saturated heterocycles.